The third kappa shape index (κ3) is 3.72. The van der Waals surface area contributed by atoms with E-state index in [1.54, 1.807) is 30.2 Å². The molecule has 1 aromatic rings. The first-order valence-electron chi connectivity index (χ1n) is 8.52. The van der Waals surface area contributed by atoms with Crippen molar-refractivity contribution in [2.75, 3.05) is 38.3 Å². The first-order chi connectivity index (χ1) is 11.9. The predicted molar refractivity (Wildman–Crippen MR) is 95.2 cm³/mol. The fraction of sp³-hybridized carbons (Fsp3) is 0.588. The number of nitrogens with one attached hydrogen (secondary N) is 2. The van der Waals surface area contributed by atoms with Gasteiger partial charge in [0.25, 0.3) is 0 Å². The smallest absolute Gasteiger partial charge is 0.240 e. The molecular formula is C17H25N3O4S. The molecule has 0 spiro atoms. The van der Waals surface area contributed by atoms with Gasteiger partial charge in [-0.05, 0) is 43.5 Å². The standard InChI is InChI=1S/C17H25N3O4S/c1-13(21)20-9-6-14-4-5-15(10-16(14)20)25(22,23)19-11-17(12-24-2)7-3-8-18-17/h4-5,10,18-19H,3,6-9,11-12H2,1-2H3. The summed E-state index contributed by atoms with van der Waals surface area (Å²) in [6.45, 7) is 3.68. The van der Waals surface area contributed by atoms with Crippen LogP contribution in [-0.2, 0) is 26.0 Å². The number of hydrogen-bond acceptors (Lipinski definition) is 5. The van der Waals surface area contributed by atoms with Gasteiger partial charge in [0.1, 0.15) is 0 Å². The summed E-state index contributed by atoms with van der Waals surface area (Å²) in [6, 6.07) is 5.00. The molecule has 2 N–H and O–H groups in total. The number of hydrogen-bond donors (Lipinski definition) is 2. The average molecular weight is 367 g/mol. The van der Waals surface area contributed by atoms with Gasteiger partial charge < -0.3 is 15.0 Å². The molecule has 25 heavy (non-hydrogen) atoms. The van der Waals surface area contributed by atoms with Gasteiger partial charge in [0.2, 0.25) is 15.9 Å². The van der Waals surface area contributed by atoms with Gasteiger partial charge in [0, 0.05) is 32.8 Å². The van der Waals surface area contributed by atoms with E-state index in [0.717, 1.165) is 31.4 Å². The number of benzene rings is 1. The molecule has 1 aromatic carbocycles. The van der Waals surface area contributed by atoms with Crippen LogP contribution in [0.3, 0.4) is 0 Å². The summed E-state index contributed by atoms with van der Waals surface area (Å²) in [4.78, 5) is 13.5. The van der Waals surface area contributed by atoms with E-state index in [4.69, 9.17) is 4.74 Å². The van der Waals surface area contributed by atoms with E-state index in [2.05, 4.69) is 10.0 Å². The lowest BCUT2D eigenvalue weighted by Crippen LogP contribution is -2.52. The Balaban J connectivity index is 1.79. The van der Waals surface area contributed by atoms with Crippen LogP contribution in [0.4, 0.5) is 5.69 Å². The molecule has 1 fully saturated rings. The van der Waals surface area contributed by atoms with Crippen LogP contribution < -0.4 is 14.9 Å². The average Bonchev–Trinajstić information content (AvgIpc) is 3.20. The van der Waals surface area contributed by atoms with E-state index < -0.39 is 10.0 Å². The summed E-state index contributed by atoms with van der Waals surface area (Å²) in [7, 11) is -2.04. The molecular weight excluding hydrogens is 342 g/mol. The Morgan fingerprint density at radius 1 is 1.44 bits per heavy atom. The van der Waals surface area contributed by atoms with Crippen LogP contribution in [0.15, 0.2) is 23.1 Å². The maximum atomic E-state index is 12.7. The van der Waals surface area contributed by atoms with Crippen molar-refractivity contribution in [3.63, 3.8) is 0 Å². The SMILES string of the molecule is COCC1(CNS(=O)(=O)c2ccc3c(c2)N(C(C)=O)CC3)CCCN1. The van der Waals surface area contributed by atoms with Crippen LogP contribution in [0.2, 0.25) is 0 Å². The number of carbonyl (C=O) groups is 1. The first kappa shape index (κ1) is 18.3. The summed E-state index contributed by atoms with van der Waals surface area (Å²) < 4.78 is 33.4. The van der Waals surface area contributed by atoms with Gasteiger partial charge in [-0.1, -0.05) is 6.07 Å². The molecule has 0 aliphatic carbocycles. The van der Waals surface area contributed by atoms with Crippen LogP contribution in [0.25, 0.3) is 0 Å². The van der Waals surface area contributed by atoms with Crippen molar-refractivity contribution in [1.82, 2.24) is 10.0 Å². The Kier molecular flexibility index (Phi) is 5.15. The topological polar surface area (TPSA) is 87.7 Å². The van der Waals surface area contributed by atoms with Crippen LogP contribution in [-0.4, -0.2) is 53.2 Å². The van der Waals surface area contributed by atoms with Gasteiger partial charge in [-0.2, -0.15) is 0 Å². The molecule has 0 aromatic heterocycles. The van der Waals surface area contributed by atoms with Crippen LogP contribution in [0.5, 0.6) is 0 Å². The maximum absolute atomic E-state index is 12.7. The number of ether oxygens (including phenoxy) is 1. The minimum absolute atomic E-state index is 0.0736. The molecule has 0 saturated carbocycles. The van der Waals surface area contributed by atoms with E-state index in [1.807, 2.05) is 0 Å². The second-order valence-electron chi connectivity index (χ2n) is 6.78. The number of fused-ring (bicyclic) bond motifs is 1. The zero-order valence-electron chi connectivity index (χ0n) is 14.7. The Bertz CT molecular complexity index is 757. The summed E-state index contributed by atoms with van der Waals surface area (Å²) in [5, 5.41) is 3.35. The molecule has 1 unspecified atom stereocenters. The van der Waals surface area contributed by atoms with E-state index in [1.165, 1.54) is 6.92 Å². The molecule has 1 atom stereocenters. The molecule has 0 radical (unpaired) electrons. The zero-order valence-corrected chi connectivity index (χ0v) is 15.5. The fourth-order valence-corrected chi connectivity index (χ4v) is 4.79. The highest BCUT2D eigenvalue weighted by Gasteiger charge is 2.35. The predicted octanol–water partition coefficient (Wildman–Crippen LogP) is 0.643. The van der Waals surface area contributed by atoms with Crippen molar-refractivity contribution in [3.05, 3.63) is 23.8 Å². The Labute approximate surface area is 148 Å². The highest BCUT2D eigenvalue weighted by atomic mass is 32.2. The second kappa shape index (κ2) is 7.03. The van der Waals surface area contributed by atoms with Gasteiger partial charge in [-0.15, -0.1) is 0 Å². The number of nitrogens with zero attached hydrogens (tertiary/aromatic N) is 1. The monoisotopic (exact) mass is 367 g/mol. The largest absolute Gasteiger partial charge is 0.383 e. The number of methoxy groups -OCH3 is 1. The van der Waals surface area contributed by atoms with Crippen LogP contribution in [0, 0.1) is 0 Å². The van der Waals surface area contributed by atoms with E-state index in [-0.39, 0.29) is 22.9 Å². The van der Waals surface area contributed by atoms with E-state index >= 15 is 0 Å². The lowest BCUT2D eigenvalue weighted by Gasteiger charge is -2.29. The first-order valence-corrected chi connectivity index (χ1v) is 10.00. The summed E-state index contributed by atoms with van der Waals surface area (Å²) in [5.74, 6) is -0.0736. The summed E-state index contributed by atoms with van der Waals surface area (Å²) in [5.41, 5.74) is 1.34. The second-order valence-corrected chi connectivity index (χ2v) is 8.55. The zero-order chi connectivity index (χ0) is 18.1. The molecule has 2 aliphatic rings. The molecule has 7 nitrogen and oxygen atoms in total. The van der Waals surface area contributed by atoms with Crippen molar-refractivity contribution in [2.45, 2.75) is 36.6 Å². The highest BCUT2D eigenvalue weighted by molar-refractivity contribution is 7.89. The van der Waals surface area contributed by atoms with Crippen molar-refractivity contribution in [1.29, 1.82) is 0 Å². The van der Waals surface area contributed by atoms with Crippen molar-refractivity contribution < 1.29 is 17.9 Å². The lowest BCUT2D eigenvalue weighted by atomic mass is 9.99. The Hall–Kier alpha value is -1.48. The van der Waals surface area contributed by atoms with Gasteiger partial charge in [-0.25, -0.2) is 13.1 Å². The molecule has 1 saturated heterocycles. The Morgan fingerprint density at radius 2 is 2.24 bits per heavy atom. The maximum Gasteiger partial charge on any atom is 0.240 e. The molecule has 2 heterocycles. The van der Waals surface area contributed by atoms with Crippen molar-refractivity contribution >= 4 is 21.6 Å². The third-order valence-electron chi connectivity index (χ3n) is 5.00. The highest BCUT2D eigenvalue weighted by Crippen LogP contribution is 2.30. The lowest BCUT2D eigenvalue weighted by molar-refractivity contribution is -0.116. The molecule has 3 rings (SSSR count). The van der Waals surface area contributed by atoms with Gasteiger partial charge in [-0.3, -0.25) is 4.79 Å². The summed E-state index contributed by atoms with van der Waals surface area (Å²) >= 11 is 0. The third-order valence-corrected chi connectivity index (χ3v) is 6.39. The fourth-order valence-electron chi connectivity index (χ4n) is 3.64. The minimum Gasteiger partial charge on any atom is -0.383 e. The van der Waals surface area contributed by atoms with Gasteiger partial charge in [0.05, 0.1) is 17.0 Å². The van der Waals surface area contributed by atoms with Crippen molar-refractivity contribution in [3.8, 4) is 0 Å². The number of sulfonamides is 1. The van der Waals surface area contributed by atoms with E-state index in [0.29, 0.717) is 18.8 Å². The van der Waals surface area contributed by atoms with Crippen LogP contribution in [0.1, 0.15) is 25.3 Å². The summed E-state index contributed by atoms with van der Waals surface area (Å²) in [6.07, 6.45) is 2.62. The van der Waals surface area contributed by atoms with Crippen LogP contribution >= 0.6 is 0 Å². The number of rotatable bonds is 6. The molecule has 2 aliphatic heterocycles. The molecule has 138 valence electrons. The number of amides is 1. The normalized spacial score (nSPS) is 23.0. The number of anilines is 1. The molecule has 0 bridgehead atoms. The van der Waals surface area contributed by atoms with Crippen molar-refractivity contribution in [2.24, 2.45) is 0 Å². The quantitative estimate of drug-likeness (QED) is 0.771. The van der Waals surface area contributed by atoms with Gasteiger partial charge in [0.15, 0.2) is 0 Å². The molecule has 1 amide bonds. The van der Waals surface area contributed by atoms with E-state index in [9.17, 15) is 13.2 Å². The molecule has 8 heteroatoms. The minimum atomic E-state index is -3.66. The number of carbonyl (C=O) groups excluding carboxylic acids is 1. The Morgan fingerprint density at radius 3 is 2.88 bits per heavy atom. The van der Waals surface area contributed by atoms with Gasteiger partial charge >= 0.3 is 0 Å².